The van der Waals surface area contributed by atoms with Gasteiger partial charge in [-0.25, -0.2) is 0 Å². The van der Waals surface area contributed by atoms with Crippen molar-refractivity contribution in [2.45, 2.75) is 39.0 Å². The molecule has 0 bridgehead atoms. The van der Waals surface area contributed by atoms with Crippen molar-refractivity contribution in [3.05, 3.63) is 50.7 Å². The fourth-order valence-corrected chi connectivity index (χ4v) is 5.29. The van der Waals surface area contributed by atoms with Gasteiger partial charge in [-0.3, -0.25) is 4.79 Å². The molecule has 5 heteroatoms. The number of phenolic OH excluding ortho intramolecular Hbond substituents is 1. The SMILES string of the molecule is CC1(C)CCC2=C(C1=O)C(c1cc(Cl)ccc1O)C1=C(CCS1)N2. The molecule has 1 aromatic carbocycles. The van der Waals surface area contributed by atoms with E-state index >= 15 is 0 Å². The van der Waals surface area contributed by atoms with Gasteiger partial charge in [0.2, 0.25) is 0 Å². The van der Waals surface area contributed by atoms with Crippen LogP contribution >= 0.6 is 23.4 Å². The molecule has 0 fully saturated rings. The number of aromatic hydroxyl groups is 1. The minimum Gasteiger partial charge on any atom is -0.508 e. The first kappa shape index (κ1) is 16.1. The second-order valence-electron chi connectivity index (χ2n) is 7.31. The first-order chi connectivity index (χ1) is 11.4. The molecular weight excluding hydrogens is 342 g/mol. The Labute approximate surface area is 151 Å². The molecule has 126 valence electrons. The van der Waals surface area contributed by atoms with Crippen LogP contribution in [0.2, 0.25) is 5.02 Å². The Morgan fingerprint density at radius 1 is 1.29 bits per heavy atom. The number of hydrogen-bond acceptors (Lipinski definition) is 4. The minimum absolute atomic E-state index is 0.180. The van der Waals surface area contributed by atoms with Crippen molar-refractivity contribution in [2.24, 2.45) is 5.41 Å². The number of nitrogens with one attached hydrogen (secondary N) is 1. The Morgan fingerprint density at radius 2 is 2.08 bits per heavy atom. The number of phenols is 1. The third-order valence-corrected chi connectivity index (χ3v) is 6.68. The topological polar surface area (TPSA) is 49.3 Å². The van der Waals surface area contributed by atoms with Gasteiger partial charge >= 0.3 is 0 Å². The number of carbonyl (C=O) groups excluding carboxylic acids is 1. The smallest absolute Gasteiger partial charge is 0.167 e. The van der Waals surface area contributed by atoms with Crippen molar-refractivity contribution in [3.63, 3.8) is 0 Å². The molecule has 3 nitrogen and oxygen atoms in total. The van der Waals surface area contributed by atoms with Crippen LogP contribution in [0.5, 0.6) is 5.75 Å². The summed E-state index contributed by atoms with van der Waals surface area (Å²) >= 11 is 7.97. The quantitative estimate of drug-likeness (QED) is 0.759. The van der Waals surface area contributed by atoms with E-state index in [4.69, 9.17) is 11.6 Å². The number of hydrogen-bond donors (Lipinski definition) is 2. The number of dihydropyridines is 1. The minimum atomic E-state index is -0.367. The predicted octanol–water partition coefficient (Wildman–Crippen LogP) is 4.72. The van der Waals surface area contributed by atoms with Gasteiger partial charge in [0.25, 0.3) is 0 Å². The van der Waals surface area contributed by atoms with Crippen molar-refractivity contribution in [2.75, 3.05) is 5.75 Å². The summed E-state index contributed by atoms with van der Waals surface area (Å²) in [5.74, 6) is 1.19. The third-order valence-electron chi connectivity index (χ3n) is 5.24. The molecule has 2 heterocycles. The molecule has 2 aliphatic heterocycles. The molecule has 1 atom stereocenters. The lowest BCUT2D eigenvalue weighted by atomic mass is 9.69. The lowest BCUT2D eigenvalue weighted by Crippen LogP contribution is -2.38. The van der Waals surface area contributed by atoms with Gasteiger partial charge in [0.05, 0.1) is 5.92 Å². The largest absolute Gasteiger partial charge is 0.508 e. The Morgan fingerprint density at radius 3 is 2.88 bits per heavy atom. The number of rotatable bonds is 1. The molecule has 1 aromatic rings. The maximum Gasteiger partial charge on any atom is 0.167 e. The van der Waals surface area contributed by atoms with E-state index in [2.05, 4.69) is 5.32 Å². The highest BCUT2D eigenvalue weighted by atomic mass is 35.5. The summed E-state index contributed by atoms with van der Waals surface area (Å²) in [6.45, 7) is 4.03. The van der Waals surface area contributed by atoms with E-state index in [1.807, 2.05) is 13.8 Å². The monoisotopic (exact) mass is 361 g/mol. The van der Waals surface area contributed by atoms with E-state index in [-0.39, 0.29) is 22.9 Å². The Hall–Kier alpha value is -1.39. The summed E-state index contributed by atoms with van der Waals surface area (Å²) < 4.78 is 0. The van der Waals surface area contributed by atoms with E-state index in [0.29, 0.717) is 5.02 Å². The fourth-order valence-electron chi connectivity index (χ4n) is 3.84. The molecule has 3 aliphatic rings. The number of thioether (sulfide) groups is 1. The van der Waals surface area contributed by atoms with E-state index < -0.39 is 0 Å². The number of Topliss-reactive ketones (excluding diaryl/α,β-unsaturated/α-hetero) is 1. The van der Waals surface area contributed by atoms with Gasteiger partial charge in [0, 0.05) is 43.6 Å². The highest BCUT2D eigenvalue weighted by molar-refractivity contribution is 8.03. The summed E-state index contributed by atoms with van der Waals surface area (Å²) in [6, 6.07) is 5.11. The summed E-state index contributed by atoms with van der Waals surface area (Å²) in [6.07, 6.45) is 2.70. The van der Waals surface area contributed by atoms with Crippen molar-refractivity contribution in [1.29, 1.82) is 0 Å². The molecule has 24 heavy (non-hydrogen) atoms. The predicted molar refractivity (Wildman–Crippen MR) is 98.1 cm³/mol. The van der Waals surface area contributed by atoms with Crippen molar-refractivity contribution in [1.82, 2.24) is 5.32 Å². The van der Waals surface area contributed by atoms with Crippen molar-refractivity contribution >= 4 is 29.1 Å². The molecule has 0 spiro atoms. The molecule has 1 unspecified atom stereocenters. The standard InChI is InChI=1S/C19H20ClNO2S/c1-19(2)7-5-12-16(18(19)23)15(17-13(21-12)6-8-24-17)11-9-10(20)3-4-14(11)22/h3-4,9,15,21-22H,5-8H2,1-2H3. The molecule has 0 saturated carbocycles. The van der Waals surface area contributed by atoms with E-state index in [1.54, 1.807) is 30.0 Å². The van der Waals surface area contributed by atoms with Crippen LogP contribution < -0.4 is 5.32 Å². The fraction of sp³-hybridized carbons (Fsp3) is 0.421. The van der Waals surface area contributed by atoms with E-state index in [0.717, 1.165) is 46.8 Å². The highest BCUT2D eigenvalue weighted by Crippen LogP contribution is 2.53. The maximum atomic E-state index is 13.2. The van der Waals surface area contributed by atoms with Crippen molar-refractivity contribution in [3.8, 4) is 5.75 Å². The van der Waals surface area contributed by atoms with Crippen LogP contribution in [0.15, 0.2) is 40.1 Å². The molecule has 0 aromatic heterocycles. The van der Waals surface area contributed by atoms with Gasteiger partial charge in [-0.05, 0) is 37.5 Å². The van der Waals surface area contributed by atoms with Crippen LogP contribution in [-0.4, -0.2) is 16.6 Å². The number of allylic oxidation sites excluding steroid dienone is 4. The van der Waals surface area contributed by atoms with Gasteiger partial charge in [0.15, 0.2) is 5.78 Å². The normalized spacial score (nSPS) is 25.5. The van der Waals surface area contributed by atoms with E-state index in [1.165, 1.54) is 5.70 Å². The number of halogens is 1. The average molecular weight is 362 g/mol. The molecule has 0 radical (unpaired) electrons. The van der Waals surface area contributed by atoms with Crippen LogP contribution in [0.3, 0.4) is 0 Å². The summed E-state index contributed by atoms with van der Waals surface area (Å²) in [7, 11) is 0. The number of benzene rings is 1. The van der Waals surface area contributed by atoms with Gasteiger partial charge in [-0.15, -0.1) is 11.8 Å². The molecule has 4 rings (SSSR count). The molecular formula is C19H20ClNO2S. The Kier molecular flexibility index (Phi) is 3.73. The molecule has 1 aliphatic carbocycles. The number of ketones is 1. The lowest BCUT2D eigenvalue weighted by molar-refractivity contribution is -0.124. The van der Waals surface area contributed by atoms with Crippen LogP contribution in [0.4, 0.5) is 0 Å². The van der Waals surface area contributed by atoms with Crippen LogP contribution in [0.1, 0.15) is 44.6 Å². The van der Waals surface area contributed by atoms with Gasteiger partial charge in [-0.2, -0.15) is 0 Å². The molecule has 0 amide bonds. The first-order valence-corrected chi connectivity index (χ1v) is 9.64. The van der Waals surface area contributed by atoms with Crippen LogP contribution in [0, 0.1) is 5.41 Å². The van der Waals surface area contributed by atoms with E-state index in [9.17, 15) is 9.90 Å². The van der Waals surface area contributed by atoms with Gasteiger partial charge < -0.3 is 10.4 Å². The Balaban J connectivity index is 1.92. The molecule has 0 saturated heterocycles. The summed E-state index contributed by atoms with van der Waals surface area (Å²) in [5.41, 5.74) is 3.43. The summed E-state index contributed by atoms with van der Waals surface area (Å²) in [4.78, 5) is 14.4. The lowest BCUT2D eigenvalue weighted by Gasteiger charge is -2.39. The number of carbonyl (C=O) groups is 1. The highest BCUT2D eigenvalue weighted by Gasteiger charge is 2.45. The van der Waals surface area contributed by atoms with Gasteiger partial charge in [0.1, 0.15) is 5.75 Å². The summed E-state index contributed by atoms with van der Waals surface area (Å²) in [5, 5.41) is 14.6. The maximum absolute atomic E-state index is 13.2. The Bertz CT molecular complexity index is 810. The second kappa shape index (κ2) is 5.57. The van der Waals surface area contributed by atoms with Crippen molar-refractivity contribution < 1.29 is 9.90 Å². The van der Waals surface area contributed by atoms with Gasteiger partial charge in [-0.1, -0.05) is 25.4 Å². The zero-order valence-corrected chi connectivity index (χ0v) is 15.4. The second-order valence-corrected chi connectivity index (χ2v) is 8.88. The molecule has 2 N–H and O–H groups in total. The zero-order chi connectivity index (χ0) is 17.1. The average Bonchev–Trinajstić information content (AvgIpc) is 3.00. The third kappa shape index (κ3) is 2.39. The first-order valence-electron chi connectivity index (χ1n) is 8.27. The van der Waals surface area contributed by atoms with Crippen LogP contribution in [0.25, 0.3) is 0 Å². The zero-order valence-electron chi connectivity index (χ0n) is 13.8. The van der Waals surface area contributed by atoms with Crippen LogP contribution in [-0.2, 0) is 4.79 Å².